The summed E-state index contributed by atoms with van der Waals surface area (Å²) in [5.74, 6) is 0.470. The van der Waals surface area contributed by atoms with Gasteiger partial charge in [-0.05, 0) is 31.0 Å². The van der Waals surface area contributed by atoms with E-state index in [1.807, 2.05) is 24.3 Å². The molecular weight excluding hydrogens is 350 g/mol. The van der Waals surface area contributed by atoms with Crippen molar-refractivity contribution in [2.24, 2.45) is 0 Å². The number of aryl methyl sites for hydroxylation is 1. The fourth-order valence-electron chi connectivity index (χ4n) is 2.78. The molecule has 0 spiro atoms. The Kier molecular flexibility index (Phi) is 7.91. The summed E-state index contributed by atoms with van der Waals surface area (Å²) in [6, 6.07) is 7.54. The molecule has 27 heavy (non-hydrogen) atoms. The van der Waals surface area contributed by atoms with Crippen LogP contribution in [-0.2, 0) is 20.7 Å². The second kappa shape index (κ2) is 10.4. The van der Waals surface area contributed by atoms with Crippen LogP contribution in [0.2, 0.25) is 0 Å². The lowest BCUT2D eigenvalue weighted by Gasteiger charge is -2.34. The van der Waals surface area contributed by atoms with Crippen molar-refractivity contribution < 1.29 is 23.9 Å². The highest BCUT2D eigenvalue weighted by atomic mass is 16.6. The SMILES string of the molecule is CCOC(=O)N1CCN(C(=O)CNC(=O)CCc2ccc(OC)cc2)CC1. The number of methoxy groups -OCH3 is 1. The number of amides is 3. The van der Waals surface area contributed by atoms with Gasteiger partial charge in [-0.25, -0.2) is 4.79 Å². The summed E-state index contributed by atoms with van der Waals surface area (Å²) < 4.78 is 10.1. The highest BCUT2D eigenvalue weighted by molar-refractivity contribution is 5.85. The first kappa shape index (κ1) is 20.5. The Labute approximate surface area is 159 Å². The summed E-state index contributed by atoms with van der Waals surface area (Å²) in [5.41, 5.74) is 1.03. The maximum atomic E-state index is 12.2. The summed E-state index contributed by atoms with van der Waals surface area (Å²) in [7, 11) is 1.61. The van der Waals surface area contributed by atoms with Crippen LogP contribution in [-0.4, -0.2) is 74.1 Å². The molecule has 0 aromatic heterocycles. The molecule has 1 saturated heterocycles. The van der Waals surface area contributed by atoms with E-state index in [2.05, 4.69) is 5.32 Å². The van der Waals surface area contributed by atoms with Gasteiger partial charge in [-0.15, -0.1) is 0 Å². The van der Waals surface area contributed by atoms with Gasteiger partial charge in [0.1, 0.15) is 5.75 Å². The maximum Gasteiger partial charge on any atom is 0.409 e. The Bertz CT molecular complexity index is 639. The molecule has 1 aliphatic rings. The van der Waals surface area contributed by atoms with Crippen LogP contribution in [0.3, 0.4) is 0 Å². The van der Waals surface area contributed by atoms with E-state index < -0.39 is 0 Å². The number of benzene rings is 1. The van der Waals surface area contributed by atoms with Crippen LogP contribution in [0.5, 0.6) is 5.75 Å². The molecule has 148 valence electrons. The predicted molar refractivity (Wildman–Crippen MR) is 99.5 cm³/mol. The number of carbonyl (C=O) groups is 3. The number of rotatable bonds is 7. The summed E-state index contributed by atoms with van der Waals surface area (Å²) in [6.45, 7) is 3.83. The van der Waals surface area contributed by atoms with E-state index in [1.54, 1.807) is 23.8 Å². The normalized spacial score (nSPS) is 13.9. The number of ether oxygens (including phenoxy) is 2. The molecule has 1 aromatic carbocycles. The Hall–Kier alpha value is -2.77. The maximum absolute atomic E-state index is 12.2. The largest absolute Gasteiger partial charge is 0.497 e. The van der Waals surface area contributed by atoms with Crippen molar-refractivity contribution in [1.29, 1.82) is 0 Å². The van der Waals surface area contributed by atoms with Gasteiger partial charge < -0.3 is 24.6 Å². The van der Waals surface area contributed by atoms with Crippen molar-refractivity contribution >= 4 is 17.9 Å². The topological polar surface area (TPSA) is 88.2 Å². The Morgan fingerprint density at radius 3 is 2.26 bits per heavy atom. The lowest BCUT2D eigenvalue weighted by molar-refractivity contribution is -0.134. The Morgan fingerprint density at radius 1 is 1.04 bits per heavy atom. The van der Waals surface area contributed by atoms with Crippen molar-refractivity contribution in [1.82, 2.24) is 15.1 Å². The van der Waals surface area contributed by atoms with Crippen molar-refractivity contribution in [2.75, 3.05) is 46.4 Å². The van der Waals surface area contributed by atoms with Gasteiger partial charge >= 0.3 is 6.09 Å². The van der Waals surface area contributed by atoms with E-state index in [9.17, 15) is 14.4 Å². The van der Waals surface area contributed by atoms with E-state index in [0.29, 0.717) is 45.6 Å². The van der Waals surface area contributed by atoms with Crippen molar-refractivity contribution in [3.8, 4) is 5.75 Å². The van der Waals surface area contributed by atoms with Crippen molar-refractivity contribution in [2.45, 2.75) is 19.8 Å². The molecule has 1 heterocycles. The average Bonchev–Trinajstić information content (AvgIpc) is 2.71. The number of hydrogen-bond acceptors (Lipinski definition) is 5. The summed E-state index contributed by atoms with van der Waals surface area (Å²) in [5, 5.41) is 2.67. The van der Waals surface area contributed by atoms with Gasteiger partial charge in [0.25, 0.3) is 0 Å². The van der Waals surface area contributed by atoms with E-state index in [4.69, 9.17) is 9.47 Å². The molecular formula is C19H27N3O5. The van der Waals surface area contributed by atoms with Gasteiger partial charge in [0.05, 0.1) is 20.3 Å². The van der Waals surface area contributed by atoms with E-state index in [1.165, 1.54) is 0 Å². The van der Waals surface area contributed by atoms with Crippen LogP contribution >= 0.6 is 0 Å². The summed E-state index contributed by atoms with van der Waals surface area (Å²) in [6.07, 6.45) is 0.565. The van der Waals surface area contributed by atoms with Gasteiger partial charge in [-0.2, -0.15) is 0 Å². The third-order valence-electron chi connectivity index (χ3n) is 4.39. The first-order valence-corrected chi connectivity index (χ1v) is 9.12. The molecule has 0 unspecified atom stereocenters. The van der Waals surface area contributed by atoms with E-state index in [0.717, 1.165) is 11.3 Å². The molecule has 0 atom stereocenters. The first-order valence-electron chi connectivity index (χ1n) is 9.12. The highest BCUT2D eigenvalue weighted by Crippen LogP contribution is 2.12. The Balaban J connectivity index is 1.66. The molecule has 1 N–H and O–H groups in total. The monoisotopic (exact) mass is 377 g/mol. The van der Waals surface area contributed by atoms with Crippen LogP contribution in [0.4, 0.5) is 4.79 Å². The first-order chi connectivity index (χ1) is 13.0. The minimum atomic E-state index is -0.351. The lowest BCUT2D eigenvalue weighted by Crippen LogP contribution is -2.52. The van der Waals surface area contributed by atoms with Crippen LogP contribution < -0.4 is 10.1 Å². The second-order valence-corrected chi connectivity index (χ2v) is 6.19. The van der Waals surface area contributed by atoms with E-state index in [-0.39, 0.29) is 24.5 Å². The molecule has 2 rings (SSSR count). The molecule has 0 bridgehead atoms. The van der Waals surface area contributed by atoms with Gasteiger partial charge in [-0.1, -0.05) is 12.1 Å². The van der Waals surface area contributed by atoms with Crippen LogP contribution in [0, 0.1) is 0 Å². The van der Waals surface area contributed by atoms with Gasteiger partial charge in [0, 0.05) is 32.6 Å². The molecule has 3 amide bonds. The zero-order valence-corrected chi connectivity index (χ0v) is 15.9. The number of carbonyl (C=O) groups excluding carboxylic acids is 3. The van der Waals surface area contributed by atoms with Crippen molar-refractivity contribution in [3.05, 3.63) is 29.8 Å². The quantitative estimate of drug-likeness (QED) is 0.767. The predicted octanol–water partition coefficient (Wildman–Crippen LogP) is 1.04. The average molecular weight is 377 g/mol. The second-order valence-electron chi connectivity index (χ2n) is 6.19. The number of piperazine rings is 1. The summed E-state index contributed by atoms with van der Waals surface area (Å²) in [4.78, 5) is 39.1. The fraction of sp³-hybridized carbons (Fsp3) is 0.526. The highest BCUT2D eigenvalue weighted by Gasteiger charge is 2.24. The molecule has 0 radical (unpaired) electrons. The van der Waals surface area contributed by atoms with Gasteiger partial charge in [0.2, 0.25) is 11.8 Å². The summed E-state index contributed by atoms with van der Waals surface area (Å²) >= 11 is 0. The minimum absolute atomic E-state index is 0.0269. The third-order valence-corrected chi connectivity index (χ3v) is 4.39. The third kappa shape index (κ3) is 6.47. The zero-order chi connectivity index (χ0) is 19.6. The zero-order valence-electron chi connectivity index (χ0n) is 15.9. The van der Waals surface area contributed by atoms with Gasteiger partial charge in [-0.3, -0.25) is 9.59 Å². The molecule has 0 saturated carbocycles. The van der Waals surface area contributed by atoms with Crippen LogP contribution in [0.25, 0.3) is 0 Å². The number of nitrogens with one attached hydrogen (secondary N) is 1. The minimum Gasteiger partial charge on any atom is -0.497 e. The molecule has 8 nitrogen and oxygen atoms in total. The van der Waals surface area contributed by atoms with Gasteiger partial charge in [0.15, 0.2) is 0 Å². The molecule has 1 fully saturated rings. The number of nitrogens with zero attached hydrogens (tertiary/aromatic N) is 2. The van der Waals surface area contributed by atoms with E-state index >= 15 is 0 Å². The molecule has 0 aliphatic carbocycles. The standard InChI is InChI=1S/C19H27N3O5/c1-3-27-19(25)22-12-10-21(11-13-22)18(24)14-20-17(23)9-6-15-4-7-16(26-2)8-5-15/h4-5,7-8H,3,6,9-14H2,1-2H3,(H,20,23). The molecule has 8 heteroatoms. The van der Waals surface area contributed by atoms with Crippen molar-refractivity contribution in [3.63, 3.8) is 0 Å². The Morgan fingerprint density at radius 2 is 1.67 bits per heavy atom. The number of hydrogen-bond donors (Lipinski definition) is 1. The smallest absolute Gasteiger partial charge is 0.409 e. The fourth-order valence-corrected chi connectivity index (χ4v) is 2.78. The molecule has 1 aliphatic heterocycles. The molecule has 1 aromatic rings. The van der Waals surface area contributed by atoms with Crippen LogP contribution in [0.1, 0.15) is 18.9 Å². The van der Waals surface area contributed by atoms with Crippen LogP contribution in [0.15, 0.2) is 24.3 Å². The lowest BCUT2D eigenvalue weighted by atomic mass is 10.1.